The summed E-state index contributed by atoms with van der Waals surface area (Å²) in [5.41, 5.74) is 3.02. The van der Waals surface area contributed by atoms with Crippen LogP contribution in [0.25, 0.3) is 0 Å². The third kappa shape index (κ3) is 15.9. The minimum absolute atomic E-state index is 1.08. The second-order valence-corrected chi connectivity index (χ2v) is 10.2. The lowest BCUT2D eigenvalue weighted by atomic mass is 10.1. The van der Waals surface area contributed by atoms with Crippen molar-refractivity contribution in [1.29, 1.82) is 0 Å². The second kappa shape index (κ2) is 20.7. The fourth-order valence-electron chi connectivity index (χ4n) is 4.64. The second-order valence-electron chi connectivity index (χ2n) is 10.2. The van der Waals surface area contributed by atoms with Crippen molar-refractivity contribution in [2.45, 2.75) is 130 Å². The third-order valence-electron chi connectivity index (χ3n) is 6.79. The van der Waals surface area contributed by atoms with Gasteiger partial charge in [0.15, 0.2) is 0 Å². The van der Waals surface area contributed by atoms with Crippen molar-refractivity contribution in [3.63, 3.8) is 0 Å². The van der Waals surface area contributed by atoms with Crippen LogP contribution < -0.4 is 0 Å². The van der Waals surface area contributed by atoms with Crippen LogP contribution in [0.1, 0.15) is 128 Å². The zero-order valence-electron chi connectivity index (χ0n) is 22.3. The van der Waals surface area contributed by atoms with Crippen LogP contribution in [-0.4, -0.2) is 37.0 Å². The molecule has 0 aromatic heterocycles. The van der Waals surface area contributed by atoms with E-state index in [4.69, 9.17) is 0 Å². The van der Waals surface area contributed by atoms with Crippen LogP contribution in [-0.2, 0) is 13.1 Å². The van der Waals surface area contributed by atoms with Gasteiger partial charge in [-0.2, -0.15) is 0 Å². The van der Waals surface area contributed by atoms with E-state index in [0.29, 0.717) is 0 Å². The Hall–Kier alpha value is -0.860. The molecule has 186 valence electrons. The molecule has 1 aromatic rings. The minimum Gasteiger partial charge on any atom is -0.302 e. The summed E-state index contributed by atoms with van der Waals surface area (Å²) >= 11 is 0. The van der Waals surface area contributed by atoms with E-state index in [1.807, 2.05) is 0 Å². The Morgan fingerprint density at radius 1 is 0.469 bits per heavy atom. The Bertz CT molecular complexity index is 480. The molecule has 0 bridgehead atoms. The molecule has 0 radical (unpaired) electrons. The fourth-order valence-corrected chi connectivity index (χ4v) is 4.64. The van der Waals surface area contributed by atoms with E-state index in [9.17, 15) is 0 Å². The molecule has 32 heavy (non-hydrogen) atoms. The SMILES string of the molecule is CCCCCCCCCCN(C)Cc1ccccc1CN(C)CCCCCCCCCC. The monoisotopic (exact) mass is 444 g/mol. The van der Waals surface area contributed by atoms with Crippen molar-refractivity contribution in [2.75, 3.05) is 27.2 Å². The highest BCUT2D eigenvalue weighted by Crippen LogP contribution is 2.15. The van der Waals surface area contributed by atoms with Crippen molar-refractivity contribution in [2.24, 2.45) is 0 Å². The largest absolute Gasteiger partial charge is 0.302 e. The number of hydrogen-bond acceptors (Lipinski definition) is 2. The van der Waals surface area contributed by atoms with E-state index < -0.39 is 0 Å². The summed E-state index contributed by atoms with van der Waals surface area (Å²) in [7, 11) is 4.59. The molecule has 0 saturated heterocycles. The van der Waals surface area contributed by atoms with Crippen LogP contribution in [0.15, 0.2) is 24.3 Å². The molecule has 0 aliphatic rings. The van der Waals surface area contributed by atoms with Gasteiger partial charge in [0.05, 0.1) is 0 Å². The van der Waals surface area contributed by atoms with E-state index in [1.54, 1.807) is 0 Å². The van der Waals surface area contributed by atoms with Crippen LogP contribution in [0.3, 0.4) is 0 Å². The molecular weight excluding hydrogens is 388 g/mol. The van der Waals surface area contributed by atoms with Gasteiger partial charge in [-0.05, 0) is 51.2 Å². The summed E-state index contributed by atoms with van der Waals surface area (Å²) < 4.78 is 0. The number of rotatable bonds is 22. The molecule has 0 N–H and O–H groups in total. The van der Waals surface area contributed by atoms with Gasteiger partial charge in [-0.1, -0.05) is 128 Å². The van der Waals surface area contributed by atoms with Crippen LogP contribution in [0.4, 0.5) is 0 Å². The lowest BCUT2D eigenvalue weighted by molar-refractivity contribution is 0.301. The quantitative estimate of drug-likeness (QED) is 0.165. The number of nitrogens with zero attached hydrogens (tertiary/aromatic N) is 2. The average Bonchev–Trinajstić information content (AvgIpc) is 2.78. The maximum Gasteiger partial charge on any atom is 0.0233 e. The molecule has 1 aromatic carbocycles. The molecule has 0 amide bonds. The minimum atomic E-state index is 1.08. The molecular formula is C30H56N2. The predicted molar refractivity (Wildman–Crippen MR) is 144 cm³/mol. The molecule has 0 unspecified atom stereocenters. The van der Waals surface area contributed by atoms with E-state index in [2.05, 4.69) is 62.0 Å². The summed E-state index contributed by atoms with van der Waals surface area (Å²) in [5.74, 6) is 0. The van der Waals surface area contributed by atoms with Crippen molar-refractivity contribution >= 4 is 0 Å². The molecule has 0 aliphatic carbocycles. The molecule has 0 saturated carbocycles. The Morgan fingerprint density at radius 3 is 1.12 bits per heavy atom. The lowest BCUT2D eigenvalue weighted by Gasteiger charge is -2.22. The molecule has 0 fully saturated rings. The van der Waals surface area contributed by atoms with Crippen LogP contribution >= 0.6 is 0 Å². The smallest absolute Gasteiger partial charge is 0.0233 e. The van der Waals surface area contributed by atoms with Crippen LogP contribution in [0.5, 0.6) is 0 Å². The van der Waals surface area contributed by atoms with Gasteiger partial charge in [-0.25, -0.2) is 0 Å². The van der Waals surface area contributed by atoms with Crippen LogP contribution in [0.2, 0.25) is 0 Å². The molecule has 0 heterocycles. The Labute approximate surface area is 202 Å². The fraction of sp³-hybridized carbons (Fsp3) is 0.800. The topological polar surface area (TPSA) is 6.48 Å². The first kappa shape index (κ1) is 29.2. The van der Waals surface area contributed by atoms with E-state index in [1.165, 1.54) is 127 Å². The first-order chi connectivity index (χ1) is 15.7. The standard InChI is InChI=1S/C30H56N2/c1-5-7-9-11-13-15-17-21-25-31(3)27-29-23-19-20-24-30(29)28-32(4)26-22-18-16-14-12-10-8-6-2/h19-20,23-24H,5-18,21-22,25-28H2,1-4H3. The summed E-state index contributed by atoms with van der Waals surface area (Å²) in [4.78, 5) is 5.04. The van der Waals surface area contributed by atoms with Gasteiger partial charge in [0.2, 0.25) is 0 Å². The molecule has 0 aliphatic heterocycles. The van der Waals surface area contributed by atoms with Gasteiger partial charge in [-0.15, -0.1) is 0 Å². The molecule has 0 atom stereocenters. The van der Waals surface area contributed by atoms with E-state index in [-0.39, 0.29) is 0 Å². The zero-order valence-corrected chi connectivity index (χ0v) is 22.3. The van der Waals surface area contributed by atoms with Crippen molar-refractivity contribution in [1.82, 2.24) is 9.80 Å². The van der Waals surface area contributed by atoms with Gasteiger partial charge in [0.25, 0.3) is 0 Å². The number of unbranched alkanes of at least 4 members (excludes halogenated alkanes) is 14. The first-order valence-electron chi connectivity index (χ1n) is 14.1. The highest BCUT2D eigenvalue weighted by Gasteiger charge is 2.08. The molecule has 2 nitrogen and oxygen atoms in total. The first-order valence-corrected chi connectivity index (χ1v) is 14.1. The maximum absolute atomic E-state index is 2.52. The summed E-state index contributed by atoms with van der Waals surface area (Å²) in [6.45, 7) is 9.19. The zero-order chi connectivity index (χ0) is 23.3. The highest BCUT2D eigenvalue weighted by molar-refractivity contribution is 5.27. The van der Waals surface area contributed by atoms with Crippen molar-refractivity contribution < 1.29 is 0 Å². The highest BCUT2D eigenvalue weighted by atomic mass is 15.1. The van der Waals surface area contributed by atoms with Gasteiger partial charge >= 0.3 is 0 Å². The van der Waals surface area contributed by atoms with E-state index >= 15 is 0 Å². The summed E-state index contributed by atoms with van der Waals surface area (Å²) in [5, 5.41) is 0. The van der Waals surface area contributed by atoms with Gasteiger partial charge < -0.3 is 9.80 Å². The normalized spacial score (nSPS) is 11.7. The summed E-state index contributed by atoms with van der Waals surface area (Å²) in [6.07, 6.45) is 22.4. The van der Waals surface area contributed by atoms with E-state index in [0.717, 1.165) is 13.1 Å². The Kier molecular flexibility index (Phi) is 18.9. The van der Waals surface area contributed by atoms with Crippen molar-refractivity contribution in [3.8, 4) is 0 Å². The lowest BCUT2D eigenvalue weighted by Crippen LogP contribution is -2.23. The Balaban J connectivity index is 2.20. The number of benzene rings is 1. The van der Waals surface area contributed by atoms with Gasteiger partial charge in [0.1, 0.15) is 0 Å². The van der Waals surface area contributed by atoms with Gasteiger partial charge in [0, 0.05) is 13.1 Å². The molecule has 2 heteroatoms. The van der Waals surface area contributed by atoms with Crippen molar-refractivity contribution in [3.05, 3.63) is 35.4 Å². The number of hydrogen-bond donors (Lipinski definition) is 0. The third-order valence-corrected chi connectivity index (χ3v) is 6.79. The molecule has 1 rings (SSSR count). The predicted octanol–water partition coefficient (Wildman–Crippen LogP) is 8.83. The molecule has 0 spiro atoms. The van der Waals surface area contributed by atoms with Crippen LogP contribution in [0, 0.1) is 0 Å². The van der Waals surface area contributed by atoms with Gasteiger partial charge in [-0.3, -0.25) is 0 Å². The maximum atomic E-state index is 2.52. The average molecular weight is 445 g/mol. The summed E-state index contributed by atoms with van der Waals surface area (Å²) in [6, 6.07) is 9.09. The Morgan fingerprint density at radius 2 is 0.781 bits per heavy atom.